The molecule has 1 rings (SSSR count). The summed E-state index contributed by atoms with van der Waals surface area (Å²) in [6, 6.07) is 3.33. The van der Waals surface area contributed by atoms with E-state index in [1.807, 2.05) is 0 Å². The minimum atomic E-state index is -1.20. The van der Waals surface area contributed by atoms with E-state index in [2.05, 4.69) is 4.74 Å². The zero-order valence-corrected chi connectivity index (χ0v) is 6.43. The Morgan fingerprint density at radius 1 is 1.38 bits per heavy atom. The highest BCUT2D eigenvalue weighted by Crippen LogP contribution is 2.21. The summed E-state index contributed by atoms with van der Waals surface area (Å²) in [4.78, 5) is 20.4. The summed E-state index contributed by atoms with van der Waals surface area (Å²) in [6.07, 6.45) is 0. The Labute approximate surface area is 73.2 Å². The molecular weight excluding hydrogens is 176 g/mol. The molecule has 5 nitrogen and oxygen atoms in total. The van der Waals surface area contributed by atoms with E-state index in [0.717, 1.165) is 18.2 Å². The standard InChI is InChI=1S/C8H6O5/c9-4-13-7-2-5(8(11)12)1-6(10)3-7/h1-4,10H,(H,11,12). The van der Waals surface area contributed by atoms with Crippen LogP contribution in [0.2, 0.25) is 0 Å². The van der Waals surface area contributed by atoms with Crippen molar-refractivity contribution in [1.29, 1.82) is 0 Å². The monoisotopic (exact) mass is 182 g/mol. The van der Waals surface area contributed by atoms with Crippen LogP contribution in [0.3, 0.4) is 0 Å². The predicted molar refractivity (Wildman–Crippen MR) is 41.8 cm³/mol. The largest absolute Gasteiger partial charge is 0.508 e. The maximum Gasteiger partial charge on any atom is 0.335 e. The van der Waals surface area contributed by atoms with Crippen molar-refractivity contribution in [2.45, 2.75) is 0 Å². The number of hydrogen-bond acceptors (Lipinski definition) is 4. The van der Waals surface area contributed by atoms with Crippen molar-refractivity contribution in [2.75, 3.05) is 0 Å². The SMILES string of the molecule is O=COc1cc(O)cc(C(=O)O)c1. The molecule has 0 saturated heterocycles. The third-order valence-electron chi connectivity index (χ3n) is 1.32. The van der Waals surface area contributed by atoms with E-state index >= 15 is 0 Å². The van der Waals surface area contributed by atoms with Crippen molar-refractivity contribution in [2.24, 2.45) is 0 Å². The molecule has 0 spiro atoms. The van der Waals surface area contributed by atoms with Gasteiger partial charge in [-0.2, -0.15) is 0 Å². The Kier molecular flexibility index (Phi) is 2.49. The number of ether oxygens (including phenoxy) is 1. The summed E-state index contributed by atoms with van der Waals surface area (Å²) >= 11 is 0. The number of carboxylic acid groups (broad SMARTS) is 1. The molecule has 0 aliphatic heterocycles. The van der Waals surface area contributed by atoms with Crippen LogP contribution in [-0.4, -0.2) is 22.7 Å². The van der Waals surface area contributed by atoms with E-state index in [1.54, 1.807) is 0 Å². The van der Waals surface area contributed by atoms with Crippen LogP contribution in [-0.2, 0) is 4.79 Å². The Morgan fingerprint density at radius 2 is 2.08 bits per heavy atom. The molecule has 0 aliphatic carbocycles. The second-order valence-electron chi connectivity index (χ2n) is 2.23. The molecule has 5 heteroatoms. The van der Waals surface area contributed by atoms with E-state index < -0.39 is 5.97 Å². The predicted octanol–water partition coefficient (Wildman–Crippen LogP) is 0.626. The van der Waals surface area contributed by atoms with Crippen LogP contribution in [0.4, 0.5) is 0 Å². The number of carboxylic acids is 1. The zero-order chi connectivity index (χ0) is 9.84. The minimum absolute atomic E-state index is 0.00704. The number of carbonyl (C=O) groups excluding carboxylic acids is 1. The molecule has 13 heavy (non-hydrogen) atoms. The molecule has 0 fully saturated rings. The van der Waals surface area contributed by atoms with Crippen molar-refractivity contribution < 1.29 is 24.5 Å². The lowest BCUT2D eigenvalue weighted by molar-refractivity contribution is -0.120. The van der Waals surface area contributed by atoms with Crippen molar-refractivity contribution in [3.8, 4) is 11.5 Å². The smallest absolute Gasteiger partial charge is 0.335 e. The van der Waals surface area contributed by atoms with Gasteiger partial charge in [0, 0.05) is 6.07 Å². The van der Waals surface area contributed by atoms with Crippen LogP contribution in [0.25, 0.3) is 0 Å². The lowest BCUT2D eigenvalue weighted by Gasteiger charge is -2.00. The summed E-state index contributed by atoms with van der Waals surface area (Å²) < 4.78 is 4.37. The van der Waals surface area contributed by atoms with Gasteiger partial charge in [-0.3, -0.25) is 4.79 Å². The van der Waals surface area contributed by atoms with Crippen LogP contribution in [0, 0.1) is 0 Å². The second-order valence-corrected chi connectivity index (χ2v) is 2.23. The average molecular weight is 182 g/mol. The van der Waals surface area contributed by atoms with Gasteiger partial charge in [-0.25, -0.2) is 4.79 Å². The van der Waals surface area contributed by atoms with Gasteiger partial charge in [0.25, 0.3) is 6.47 Å². The fourth-order valence-corrected chi connectivity index (χ4v) is 0.830. The van der Waals surface area contributed by atoms with Gasteiger partial charge >= 0.3 is 5.97 Å². The number of benzene rings is 1. The molecule has 0 unspecified atom stereocenters. The lowest BCUT2D eigenvalue weighted by atomic mass is 10.2. The number of rotatable bonds is 3. The molecule has 0 heterocycles. The van der Waals surface area contributed by atoms with E-state index in [1.165, 1.54) is 0 Å². The highest BCUT2D eigenvalue weighted by atomic mass is 16.5. The van der Waals surface area contributed by atoms with Gasteiger partial charge in [0.05, 0.1) is 5.56 Å². The first-order chi connectivity index (χ1) is 6.13. The summed E-state index contributed by atoms with van der Waals surface area (Å²) in [5.41, 5.74) is -0.142. The summed E-state index contributed by atoms with van der Waals surface area (Å²) in [6.45, 7) is 0.153. The van der Waals surface area contributed by atoms with Crippen LogP contribution in [0.15, 0.2) is 18.2 Å². The Morgan fingerprint density at radius 3 is 2.62 bits per heavy atom. The number of phenols is 1. The molecule has 0 radical (unpaired) electrons. The molecule has 0 atom stereocenters. The third kappa shape index (κ3) is 2.19. The number of carbonyl (C=O) groups is 2. The van der Waals surface area contributed by atoms with Crippen LogP contribution in [0.1, 0.15) is 10.4 Å². The normalized spacial score (nSPS) is 9.23. The average Bonchev–Trinajstić information content (AvgIpc) is 2.03. The highest BCUT2D eigenvalue weighted by molar-refractivity contribution is 5.88. The molecule has 1 aromatic carbocycles. The molecule has 0 aromatic heterocycles. The summed E-state index contributed by atoms with van der Waals surface area (Å²) in [5.74, 6) is -1.48. The van der Waals surface area contributed by atoms with Gasteiger partial charge in [0.15, 0.2) is 0 Å². The molecule has 1 aromatic rings. The van der Waals surface area contributed by atoms with Crippen molar-refractivity contribution >= 4 is 12.4 Å². The Hall–Kier alpha value is -2.04. The van der Waals surface area contributed by atoms with Gasteiger partial charge < -0.3 is 14.9 Å². The third-order valence-corrected chi connectivity index (χ3v) is 1.32. The van der Waals surface area contributed by atoms with E-state index in [-0.39, 0.29) is 23.5 Å². The lowest BCUT2D eigenvalue weighted by Crippen LogP contribution is -1.97. The number of aromatic hydroxyl groups is 1. The van der Waals surface area contributed by atoms with E-state index in [0.29, 0.717) is 0 Å². The Bertz CT molecular complexity index is 344. The van der Waals surface area contributed by atoms with Crippen LogP contribution < -0.4 is 4.74 Å². The van der Waals surface area contributed by atoms with Crippen molar-refractivity contribution in [3.63, 3.8) is 0 Å². The topological polar surface area (TPSA) is 83.8 Å². The number of phenolic OH excluding ortho intramolecular Hbond substituents is 1. The van der Waals surface area contributed by atoms with Crippen molar-refractivity contribution in [3.05, 3.63) is 23.8 Å². The van der Waals surface area contributed by atoms with Gasteiger partial charge in [0.1, 0.15) is 11.5 Å². The first kappa shape index (κ1) is 9.05. The molecular formula is C8H6O5. The van der Waals surface area contributed by atoms with Gasteiger partial charge in [-0.1, -0.05) is 0 Å². The van der Waals surface area contributed by atoms with Crippen LogP contribution in [0.5, 0.6) is 11.5 Å². The first-order valence-electron chi connectivity index (χ1n) is 3.31. The first-order valence-corrected chi connectivity index (χ1v) is 3.31. The van der Waals surface area contributed by atoms with Crippen LogP contribution >= 0.6 is 0 Å². The molecule has 0 bridgehead atoms. The fourth-order valence-electron chi connectivity index (χ4n) is 0.830. The Balaban J connectivity index is 3.10. The molecule has 0 aliphatic rings. The summed E-state index contributed by atoms with van der Waals surface area (Å²) in [5, 5.41) is 17.6. The number of hydrogen-bond donors (Lipinski definition) is 2. The van der Waals surface area contributed by atoms with Gasteiger partial charge in [0.2, 0.25) is 0 Å². The van der Waals surface area contributed by atoms with Gasteiger partial charge in [-0.05, 0) is 12.1 Å². The highest BCUT2D eigenvalue weighted by Gasteiger charge is 2.06. The molecule has 0 amide bonds. The van der Waals surface area contributed by atoms with Gasteiger partial charge in [-0.15, -0.1) is 0 Å². The minimum Gasteiger partial charge on any atom is -0.508 e. The molecule has 0 saturated carbocycles. The maximum atomic E-state index is 10.5. The second kappa shape index (κ2) is 3.57. The van der Waals surface area contributed by atoms with E-state index in [4.69, 9.17) is 10.2 Å². The zero-order valence-electron chi connectivity index (χ0n) is 6.43. The molecule has 2 N–H and O–H groups in total. The maximum absolute atomic E-state index is 10.5. The summed E-state index contributed by atoms with van der Waals surface area (Å²) in [7, 11) is 0. The fraction of sp³-hybridized carbons (Fsp3) is 0. The van der Waals surface area contributed by atoms with Crippen molar-refractivity contribution in [1.82, 2.24) is 0 Å². The molecule has 68 valence electrons. The quantitative estimate of drug-likeness (QED) is 0.669. The van der Waals surface area contributed by atoms with E-state index in [9.17, 15) is 9.59 Å². The number of aromatic carboxylic acids is 1.